The van der Waals surface area contributed by atoms with Crippen LogP contribution in [0.5, 0.6) is 0 Å². The van der Waals surface area contributed by atoms with Crippen molar-refractivity contribution < 1.29 is 13.3 Å². The molecule has 2 aromatic carbocycles. The zero-order valence-corrected chi connectivity index (χ0v) is 19.1. The van der Waals surface area contributed by atoms with Crippen LogP contribution in [-0.2, 0) is 22.8 Å². The number of nitrogens with one attached hydrogen (secondary N) is 2. The average Bonchev–Trinajstić information content (AvgIpc) is 2.73. The highest BCUT2D eigenvalue weighted by atomic mass is 32.2. The van der Waals surface area contributed by atoms with Gasteiger partial charge in [0.15, 0.2) is 15.8 Å². The molecule has 0 heterocycles. The summed E-state index contributed by atoms with van der Waals surface area (Å²) in [5.41, 5.74) is 2.44. The van der Waals surface area contributed by atoms with Crippen LogP contribution < -0.4 is 10.6 Å². The molecule has 0 aliphatic carbocycles. The average molecular weight is 448 g/mol. The zero-order valence-electron chi connectivity index (χ0n) is 18.3. The number of rotatable bonds is 9. The Bertz CT molecular complexity index is 1040. The number of nitro groups is 1. The molecule has 0 fully saturated rings. The first-order chi connectivity index (χ1) is 14.7. The minimum absolute atomic E-state index is 0.0862. The Kier molecular flexibility index (Phi) is 8.38. The fourth-order valence-electron chi connectivity index (χ4n) is 3.03. The Morgan fingerprint density at radius 2 is 1.77 bits per heavy atom. The van der Waals surface area contributed by atoms with Gasteiger partial charge in [0, 0.05) is 46.1 Å². The van der Waals surface area contributed by atoms with Crippen LogP contribution in [0.15, 0.2) is 52.4 Å². The first-order valence-electron chi connectivity index (χ1n) is 9.87. The van der Waals surface area contributed by atoms with Crippen LogP contribution in [0.1, 0.15) is 18.1 Å². The molecule has 9 nitrogen and oxygen atoms in total. The standard InChI is InChI=1S/C21H29N5O4S/c1-5-16-6-8-17(9-7-16)15-25(3)21(22-2)24-13-12-23-19-11-10-18(31(4,29)30)14-20(19)26(27)28/h6-11,14,23H,5,12-13,15H2,1-4H3,(H,22,24). The molecule has 31 heavy (non-hydrogen) atoms. The van der Waals surface area contributed by atoms with Crippen molar-refractivity contribution in [3.05, 3.63) is 63.7 Å². The number of sulfone groups is 1. The topological polar surface area (TPSA) is 117 Å². The predicted molar refractivity (Wildman–Crippen MR) is 123 cm³/mol. The number of nitro benzene ring substituents is 1. The SMILES string of the molecule is CCc1ccc(CN(C)C(=NC)NCCNc2ccc(S(C)(=O)=O)cc2[N+](=O)[O-])cc1. The van der Waals surface area contributed by atoms with E-state index in [4.69, 9.17) is 0 Å². The highest BCUT2D eigenvalue weighted by Crippen LogP contribution is 2.27. The molecule has 0 spiro atoms. The molecule has 2 aromatic rings. The van der Waals surface area contributed by atoms with E-state index in [2.05, 4.69) is 46.8 Å². The van der Waals surface area contributed by atoms with Gasteiger partial charge in [-0.05, 0) is 29.7 Å². The molecule has 2 N–H and O–H groups in total. The zero-order chi connectivity index (χ0) is 23.0. The van der Waals surface area contributed by atoms with E-state index in [1.807, 2.05) is 11.9 Å². The second kappa shape index (κ2) is 10.8. The van der Waals surface area contributed by atoms with Crippen molar-refractivity contribution in [2.45, 2.75) is 24.8 Å². The molecule has 0 atom stereocenters. The van der Waals surface area contributed by atoms with Crippen LogP contribution in [0.4, 0.5) is 11.4 Å². The summed E-state index contributed by atoms with van der Waals surface area (Å²) in [4.78, 5) is 16.9. The molecule has 0 aromatic heterocycles. The van der Waals surface area contributed by atoms with Crippen molar-refractivity contribution in [1.29, 1.82) is 0 Å². The summed E-state index contributed by atoms with van der Waals surface area (Å²) in [7, 11) is 0.111. The maximum absolute atomic E-state index is 11.6. The first-order valence-corrected chi connectivity index (χ1v) is 11.8. The minimum atomic E-state index is -3.52. The number of aryl methyl sites for hydroxylation is 1. The molecule has 0 aliphatic rings. The molecular formula is C21H29N5O4S. The summed E-state index contributed by atoms with van der Waals surface area (Å²) in [5, 5.41) is 17.5. The normalized spacial score (nSPS) is 11.8. The summed E-state index contributed by atoms with van der Waals surface area (Å²) in [6, 6.07) is 12.3. The minimum Gasteiger partial charge on any atom is -0.378 e. The van der Waals surface area contributed by atoms with Gasteiger partial charge in [-0.15, -0.1) is 0 Å². The lowest BCUT2D eigenvalue weighted by Gasteiger charge is -2.22. The summed E-state index contributed by atoms with van der Waals surface area (Å²) < 4.78 is 23.3. The Balaban J connectivity index is 1.93. The highest BCUT2D eigenvalue weighted by Gasteiger charge is 2.18. The van der Waals surface area contributed by atoms with Gasteiger partial charge in [0.1, 0.15) is 5.69 Å². The number of aliphatic imine (C=N–C) groups is 1. The molecule has 0 saturated heterocycles. The summed E-state index contributed by atoms with van der Waals surface area (Å²) in [6.45, 7) is 3.67. The lowest BCUT2D eigenvalue weighted by atomic mass is 10.1. The Morgan fingerprint density at radius 1 is 1.13 bits per heavy atom. The lowest BCUT2D eigenvalue weighted by molar-refractivity contribution is -0.384. The van der Waals surface area contributed by atoms with Crippen molar-refractivity contribution in [2.75, 3.05) is 38.8 Å². The molecule has 0 aliphatic heterocycles. The van der Waals surface area contributed by atoms with Gasteiger partial charge >= 0.3 is 0 Å². The van der Waals surface area contributed by atoms with Crippen molar-refractivity contribution >= 4 is 27.2 Å². The van der Waals surface area contributed by atoms with Gasteiger partial charge in [-0.1, -0.05) is 31.2 Å². The molecule has 2 rings (SSSR count). The number of hydrogen-bond donors (Lipinski definition) is 2. The predicted octanol–water partition coefficient (Wildman–Crippen LogP) is 2.68. The second-order valence-corrected chi connectivity index (χ2v) is 9.15. The van der Waals surface area contributed by atoms with Crippen LogP contribution >= 0.6 is 0 Å². The van der Waals surface area contributed by atoms with E-state index in [1.54, 1.807) is 7.05 Å². The van der Waals surface area contributed by atoms with Crippen molar-refractivity contribution in [2.24, 2.45) is 4.99 Å². The highest BCUT2D eigenvalue weighted by molar-refractivity contribution is 7.90. The number of guanidine groups is 1. The third-order valence-corrected chi connectivity index (χ3v) is 5.85. The second-order valence-electron chi connectivity index (χ2n) is 7.14. The van der Waals surface area contributed by atoms with Gasteiger partial charge in [0.05, 0.1) is 9.82 Å². The quantitative estimate of drug-likeness (QED) is 0.199. The fraction of sp³-hybridized carbons (Fsp3) is 0.381. The molecule has 0 saturated carbocycles. The maximum Gasteiger partial charge on any atom is 0.293 e. The maximum atomic E-state index is 11.6. The van der Waals surface area contributed by atoms with E-state index in [-0.39, 0.29) is 16.3 Å². The van der Waals surface area contributed by atoms with Crippen molar-refractivity contribution in [3.63, 3.8) is 0 Å². The summed E-state index contributed by atoms with van der Waals surface area (Å²) in [6.07, 6.45) is 2.02. The van der Waals surface area contributed by atoms with E-state index >= 15 is 0 Å². The number of hydrogen-bond acceptors (Lipinski definition) is 6. The van der Waals surface area contributed by atoms with Crippen LogP contribution in [0, 0.1) is 10.1 Å². The van der Waals surface area contributed by atoms with E-state index in [1.165, 1.54) is 23.3 Å². The summed E-state index contributed by atoms with van der Waals surface area (Å²) in [5.74, 6) is 0.697. The molecule has 0 amide bonds. The monoisotopic (exact) mass is 447 g/mol. The van der Waals surface area contributed by atoms with Gasteiger partial charge in [0.25, 0.3) is 5.69 Å². The van der Waals surface area contributed by atoms with Crippen molar-refractivity contribution in [1.82, 2.24) is 10.2 Å². The first kappa shape index (κ1) is 24.1. The molecule has 0 unspecified atom stereocenters. The van der Waals surface area contributed by atoms with Gasteiger partial charge < -0.3 is 15.5 Å². The molecule has 0 radical (unpaired) electrons. The third-order valence-electron chi connectivity index (χ3n) is 4.74. The Labute approximate surface area is 183 Å². The number of nitrogens with zero attached hydrogens (tertiary/aromatic N) is 3. The van der Waals surface area contributed by atoms with Gasteiger partial charge in [-0.3, -0.25) is 15.1 Å². The largest absolute Gasteiger partial charge is 0.378 e. The van der Waals surface area contributed by atoms with Gasteiger partial charge in [-0.25, -0.2) is 8.42 Å². The molecule has 10 heteroatoms. The fourth-order valence-corrected chi connectivity index (χ4v) is 3.67. The van der Waals surface area contributed by atoms with Crippen LogP contribution in [-0.4, -0.2) is 57.6 Å². The van der Waals surface area contributed by atoms with E-state index in [9.17, 15) is 18.5 Å². The van der Waals surface area contributed by atoms with Crippen molar-refractivity contribution in [3.8, 4) is 0 Å². The Hall–Kier alpha value is -3.14. The van der Waals surface area contributed by atoms with Crippen LogP contribution in [0.25, 0.3) is 0 Å². The molecule has 168 valence electrons. The summed E-state index contributed by atoms with van der Waals surface area (Å²) >= 11 is 0. The van der Waals surface area contributed by atoms with E-state index in [0.29, 0.717) is 25.6 Å². The van der Waals surface area contributed by atoms with Crippen LogP contribution in [0.2, 0.25) is 0 Å². The number of anilines is 1. The van der Waals surface area contributed by atoms with E-state index in [0.717, 1.165) is 18.7 Å². The van der Waals surface area contributed by atoms with Crippen LogP contribution in [0.3, 0.4) is 0 Å². The third kappa shape index (κ3) is 6.95. The lowest BCUT2D eigenvalue weighted by Crippen LogP contribution is -2.40. The molecule has 0 bridgehead atoms. The van der Waals surface area contributed by atoms with Gasteiger partial charge in [0.2, 0.25) is 0 Å². The smallest absolute Gasteiger partial charge is 0.293 e. The Morgan fingerprint density at radius 3 is 2.32 bits per heavy atom. The number of benzene rings is 2. The molecular weight excluding hydrogens is 418 g/mol. The van der Waals surface area contributed by atoms with E-state index < -0.39 is 14.8 Å². The van der Waals surface area contributed by atoms with Gasteiger partial charge in [-0.2, -0.15) is 0 Å².